The van der Waals surface area contributed by atoms with E-state index < -0.39 is 0 Å². The van der Waals surface area contributed by atoms with Gasteiger partial charge in [0.2, 0.25) is 0 Å². The van der Waals surface area contributed by atoms with Crippen LogP contribution in [0.5, 0.6) is 0 Å². The van der Waals surface area contributed by atoms with Gasteiger partial charge in [-0.25, -0.2) is 9.97 Å². The Balaban J connectivity index is 1.70. The minimum atomic E-state index is 0.607. The van der Waals surface area contributed by atoms with Gasteiger partial charge in [-0.2, -0.15) is 0 Å². The molecule has 0 unspecified atom stereocenters. The fourth-order valence-electron chi connectivity index (χ4n) is 2.50. The molecule has 7 heteroatoms. The van der Waals surface area contributed by atoms with Crippen LogP contribution in [0.1, 0.15) is 18.1 Å². The Morgan fingerprint density at radius 1 is 1.25 bits per heavy atom. The largest absolute Gasteiger partial charge is 0.377 e. The van der Waals surface area contributed by atoms with Crippen LogP contribution in [0, 0.1) is 12.3 Å². The topological polar surface area (TPSA) is 82.9 Å². The smallest absolute Gasteiger partial charge is 0.187 e. The molecule has 0 aliphatic rings. The molecule has 144 valence electrons. The van der Waals surface area contributed by atoms with Crippen molar-refractivity contribution >= 4 is 34.2 Å². The third-order valence-corrected chi connectivity index (χ3v) is 4.76. The molecule has 0 fully saturated rings. The molecule has 0 atom stereocenters. The number of thiazole rings is 1. The third kappa shape index (κ3) is 5.25. The molecule has 0 spiro atoms. The monoisotopic (exact) mass is 393 g/mol. The molecule has 0 aliphatic heterocycles. The molecular weight excluding hydrogens is 370 g/mol. The van der Waals surface area contributed by atoms with E-state index in [2.05, 4.69) is 45.7 Å². The van der Waals surface area contributed by atoms with Crippen molar-refractivity contribution in [1.29, 1.82) is 5.41 Å². The number of rotatable bonds is 9. The molecule has 0 saturated carbocycles. The molecule has 0 saturated heterocycles. The van der Waals surface area contributed by atoms with E-state index in [1.807, 2.05) is 24.4 Å². The average Bonchev–Trinajstić information content (AvgIpc) is 3.18. The second-order valence-corrected chi connectivity index (χ2v) is 6.91. The van der Waals surface area contributed by atoms with Gasteiger partial charge in [-0.3, -0.25) is 0 Å². The van der Waals surface area contributed by atoms with E-state index in [0.29, 0.717) is 13.2 Å². The molecule has 0 aliphatic carbocycles. The molecule has 0 radical (unpaired) electrons. The van der Waals surface area contributed by atoms with Crippen molar-refractivity contribution in [3.8, 4) is 11.3 Å². The van der Waals surface area contributed by atoms with Crippen LogP contribution in [0.15, 0.2) is 54.2 Å². The number of pyridine rings is 1. The number of benzene rings is 1. The van der Waals surface area contributed by atoms with Gasteiger partial charge in [0.25, 0.3) is 0 Å². The molecule has 3 aromatic rings. The Labute approximate surface area is 168 Å². The third-order valence-electron chi connectivity index (χ3n) is 4.00. The quantitative estimate of drug-likeness (QED) is 0.426. The van der Waals surface area contributed by atoms with Gasteiger partial charge in [-0.15, -0.1) is 11.3 Å². The Kier molecular flexibility index (Phi) is 6.89. The van der Waals surface area contributed by atoms with Gasteiger partial charge in [-0.1, -0.05) is 12.1 Å². The summed E-state index contributed by atoms with van der Waals surface area (Å²) in [7, 11) is 0. The maximum Gasteiger partial charge on any atom is 0.187 e. The molecule has 2 aromatic heterocycles. The number of nitrogens with one attached hydrogen (secondary N) is 3. The number of hydrogen-bond acceptors (Lipinski definition) is 7. The number of allylic oxidation sites excluding steroid dienone is 1. The first-order valence-electron chi connectivity index (χ1n) is 8.98. The van der Waals surface area contributed by atoms with E-state index >= 15 is 0 Å². The van der Waals surface area contributed by atoms with Crippen molar-refractivity contribution in [1.82, 2.24) is 9.97 Å². The summed E-state index contributed by atoms with van der Waals surface area (Å²) in [5, 5.41) is 16.2. The van der Waals surface area contributed by atoms with Gasteiger partial charge in [0, 0.05) is 41.8 Å². The Hall–Kier alpha value is -3.03. The summed E-state index contributed by atoms with van der Waals surface area (Å²) in [6, 6.07) is 10.1. The zero-order valence-electron chi connectivity index (χ0n) is 15.9. The summed E-state index contributed by atoms with van der Waals surface area (Å²) in [6.45, 7) is 5.38. The molecule has 0 bridgehead atoms. The number of aromatic nitrogens is 2. The van der Waals surface area contributed by atoms with Crippen molar-refractivity contribution in [2.75, 3.05) is 17.2 Å². The van der Waals surface area contributed by atoms with E-state index in [9.17, 15) is 0 Å². The van der Waals surface area contributed by atoms with E-state index in [1.54, 1.807) is 29.8 Å². The molecule has 28 heavy (non-hydrogen) atoms. The predicted molar refractivity (Wildman–Crippen MR) is 117 cm³/mol. The molecule has 0 amide bonds. The highest BCUT2D eigenvalue weighted by atomic mass is 32.1. The first-order chi connectivity index (χ1) is 13.7. The summed E-state index contributed by atoms with van der Waals surface area (Å²) < 4.78 is 5.50. The van der Waals surface area contributed by atoms with Gasteiger partial charge in [0.15, 0.2) is 5.13 Å². The average molecular weight is 394 g/mol. The fraction of sp³-hybridized carbons (Fsp3) is 0.190. The van der Waals surface area contributed by atoms with E-state index in [-0.39, 0.29) is 0 Å². The summed E-state index contributed by atoms with van der Waals surface area (Å²) in [4.78, 5) is 9.05. The molecule has 3 rings (SSSR count). The van der Waals surface area contributed by atoms with Crippen molar-refractivity contribution in [3.63, 3.8) is 0 Å². The lowest BCUT2D eigenvalue weighted by Crippen LogP contribution is -1.97. The van der Waals surface area contributed by atoms with E-state index in [4.69, 9.17) is 10.1 Å². The van der Waals surface area contributed by atoms with Crippen LogP contribution in [0.3, 0.4) is 0 Å². The van der Waals surface area contributed by atoms with Crippen molar-refractivity contribution in [2.45, 2.75) is 20.5 Å². The lowest BCUT2D eigenvalue weighted by Gasteiger charge is -2.09. The van der Waals surface area contributed by atoms with Crippen LogP contribution in [-0.2, 0) is 11.3 Å². The number of ether oxygens (including phenoxy) is 1. The number of aryl methyl sites for hydroxylation is 1. The van der Waals surface area contributed by atoms with Crippen LogP contribution in [0.25, 0.3) is 11.3 Å². The van der Waals surface area contributed by atoms with Crippen molar-refractivity contribution in [2.24, 2.45) is 0 Å². The maximum atomic E-state index is 6.96. The van der Waals surface area contributed by atoms with Gasteiger partial charge in [-0.05, 0) is 49.2 Å². The molecular formula is C21H23N5OS. The lowest BCUT2D eigenvalue weighted by atomic mass is 10.1. The lowest BCUT2D eigenvalue weighted by molar-refractivity contribution is 0.134. The van der Waals surface area contributed by atoms with Crippen molar-refractivity contribution in [3.05, 3.63) is 65.3 Å². The first-order valence-corrected chi connectivity index (χ1v) is 9.86. The van der Waals surface area contributed by atoms with Gasteiger partial charge in [0.1, 0.15) is 5.82 Å². The first kappa shape index (κ1) is 19.7. The Bertz CT molecular complexity index is 950. The van der Waals surface area contributed by atoms with E-state index in [0.717, 1.165) is 39.0 Å². The maximum absolute atomic E-state index is 6.96. The fourth-order valence-corrected chi connectivity index (χ4v) is 3.24. The van der Waals surface area contributed by atoms with E-state index in [1.165, 1.54) is 6.21 Å². The van der Waals surface area contributed by atoms with Gasteiger partial charge >= 0.3 is 0 Å². The Morgan fingerprint density at radius 3 is 2.89 bits per heavy atom. The second-order valence-electron chi connectivity index (χ2n) is 6.05. The zero-order valence-corrected chi connectivity index (χ0v) is 16.7. The second kappa shape index (κ2) is 9.77. The Morgan fingerprint density at radius 2 is 2.14 bits per heavy atom. The highest BCUT2D eigenvalue weighted by Gasteiger charge is 2.08. The number of hydrogen-bond donors (Lipinski definition) is 3. The minimum Gasteiger partial charge on any atom is -0.377 e. The predicted octanol–water partition coefficient (Wildman–Crippen LogP) is 5.37. The van der Waals surface area contributed by atoms with Crippen LogP contribution in [-0.4, -0.2) is 22.8 Å². The highest BCUT2D eigenvalue weighted by molar-refractivity contribution is 7.14. The molecule has 3 N–H and O–H groups in total. The molecule has 1 aromatic carbocycles. The normalized spacial score (nSPS) is 10.9. The molecule has 6 nitrogen and oxygen atoms in total. The van der Waals surface area contributed by atoms with Crippen LogP contribution < -0.4 is 10.6 Å². The zero-order chi connectivity index (χ0) is 19.8. The van der Waals surface area contributed by atoms with Gasteiger partial charge in [0.05, 0.1) is 12.3 Å². The summed E-state index contributed by atoms with van der Waals surface area (Å²) in [6.07, 6.45) is 6.26. The van der Waals surface area contributed by atoms with Crippen molar-refractivity contribution < 1.29 is 4.74 Å². The van der Waals surface area contributed by atoms with Gasteiger partial charge < -0.3 is 20.8 Å². The summed E-state index contributed by atoms with van der Waals surface area (Å²) in [5.41, 5.74) is 5.16. The van der Waals surface area contributed by atoms with Crippen LogP contribution >= 0.6 is 11.3 Å². The van der Waals surface area contributed by atoms with Crippen LogP contribution in [0.4, 0.5) is 16.6 Å². The standard InChI is InChI=1S/C21H23N5OS/c1-3-27-13-16-6-5-15(2)18(11-16)25-21-26-19(14-28-21)17-7-8-20(24-12-17)23-10-4-9-22/h4-12,14,22H,3,13H2,1-2H3,(H,23,24)(H,25,26)/b10-4-,22-9?. The summed E-state index contributed by atoms with van der Waals surface area (Å²) >= 11 is 1.56. The SMILES string of the molecule is CCOCc1ccc(C)c(Nc2nc(-c3ccc(N/C=C\C=N)nc3)cs2)c1. The highest BCUT2D eigenvalue weighted by Crippen LogP contribution is 2.29. The molecule has 2 heterocycles. The number of anilines is 3. The summed E-state index contributed by atoms with van der Waals surface area (Å²) in [5.74, 6) is 0.720. The number of nitrogens with zero attached hydrogens (tertiary/aromatic N) is 2. The minimum absolute atomic E-state index is 0.607. The van der Waals surface area contributed by atoms with Crippen LogP contribution in [0.2, 0.25) is 0 Å².